The van der Waals surface area contributed by atoms with E-state index in [1.165, 1.54) is 0 Å². The van der Waals surface area contributed by atoms with Crippen LogP contribution in [0.1, 0.15) is 13.3 Å². The lowest BCUT2D eigenvalue weighted by atomic mass is 9.88. The first kappa shape index (κ1) is 12.0. The van der Waals surface area contributed by atoms with Crippen molar-refractivity contribution in [1.82, 2.24) is 25.6 Å². The molecule has 0 aliphatic carbocycles. The predicted molar refractivity (Wildman–Crippen MR) is 63.2 cm³/mol. The Kier molecular flexibility index (Phi) is 4.08. The fourth-order valence-corrected chi connectivity index (χ4v) is 1.84. The number of amides is 1. The monoisotopic (exact) mass is 237 g/mol. The molecule has 1 unspecified atom stereocenters. The molecule has 2 rings (SSSR count). The van der Waals surface area contributed by atoms with Crippen LogP contribution in [0.15, 0.2) is 12.4 Å². The molecule has 1 saturated heterocycles. The molecular weight excluding hydrogens is 218 g/mol. The number of carbonyl (C=O) groups excluding carboxylic acids is 1. The molecule has 2 N–H and O–H groups in total. The average Bonchev–Trinajstić information content (AvgIpc) is 2.74. The van der Waals surface area contributed by atoms with Crippen molar-refractivity contribution in [3.05, 3.63) is 12.4 Å². The Hall–Kier alpha value is -1.43. The van der Waals surface area contributed by atoms with Crippen molar-refractivity contribution in [2.45, 2.75) is 19.9 Å². The van der Waals surface area contributed by atoms with Gasteiger partial charge in [-0.3, -0.25) is 9.48 Å². The van der Waals surface area contributed by atoms with Gasteiger partial charge in [-0.25, -0.2) is 0 Å². The summed E-state index contributed by atoms with van der Waals surface area (Å²) in [6.07, 6.45) is 4.36. The molecule has 0 spiro atoms. The Bertz CT molecular complexity index is 347. The maximum absolute atomic E-state index is 11.8. The van der Waals surface area contributed by atoms with Crippen molar-refractivity contribution >= 4 is 5.91 Å². The zero-order valence-electron chi connectivity index (χ0n) is 10.1. The van der Waals surface area contributed by atoms with Crippen molar-refractivity contribution in [3.63, 3.8) is 0 Å². The first-order chi connectivity index (χ1) is 8.27. The smallest absolute Gasteiger partial charge is 0.223 e. The Balaban J connectivity index is 1.59. The molecule has 0 aromatic carbocycles. The number of aromatic nitrogens is 3. The first-order valence-electron chi connectivity index (χ1n) is 6.10. The number of nitrogens with zero attached hydrogens (tertiary/aromatic N) is 3. The SMILES string of the molecule is CC(C(=O)NCCCn1ccnn1)C1CNC1. The lowest BCUT2D eigenvalue weighted by Gasteiger charge is -2.31. The van der Waals surface area contributed by atoms with Crippen LogP contribution in [0.3, 0.4) is 0 Å². The summed E-state index contributed by atoms with van der Waals surface area (Å²) in [6, 6.07) is 0. The second-order valence-electron chi connectivity index (χ2n) is 4.52. The normalized spacial score (nSPS) is 17.5. The predicted octanol–water partition coefficient (Wildman–Crippen LogP) is -0.360. The van der Waals surface area contributed by atoms with Gasteiger partial charge in [0.15, 0.2) is 0 Å². The highest BCUT2D eigenvalue weighted by Crippen LogP contribution is 2.15. The minimum atomic E-state index is 0.114. The van der Waals surface area contributed by atoms with E-state index in [-0.39, 0.29) is 11.8 Å². The first-order valence-corrected chi connectivity index (χ1v) is 6.10. The lowest BCUT2D eigenvalue weighted by molar-refractivity contribution is -0.126. The van der Waals surface area contributed by atoms with Crippen LogP contribution in [-0.2, 0) is 11.3 Å². The van der Waals surface area contributed by atoms with Gasteiger partial charge in [0.25, 0.3) is 0 Å². The molecule has 1 aliphatic heterocycles. The molecule has 6 heteroatoms. The van der Waals surface area contributed by atoms with Crippen molar-refractivity contribution in [2.75, 3.05) is 19.6 Å². The highest BCUT2D eigenvalue weighted by molar-refractivity contribution is 5.78. The van der Waals surface area contributed by atoms with Crippen LogP contribution < -0.4 is 10.6 Å². The van der Waals surface area contributed by atoms with E-state index in [0.717, 1.165) is 26.1 Å². The van der Waals surface area contributed by atoms with Crippen LogP contribution in [-0.4, -0.2) is 40.5 Å². The molecule has 6 nitrogen and oxygen atoms in total. The number of hydrogen-bond donors (Lipinski definition) is 2. The van der Waals surface area contributed by atoms with Gasteiger partial charge >= 0.3 is 0 Å². The van der Waals surface area contributed by atoms with E-state index in [1.807, 2.05) is 13.1 Å². The van der Waals surface area contributed by atoms with E-state index in [0.29, 0.717) is 12.5 Å². The summed E-state index contributed by atoms with van der Waals surface area (Å²) in [4.78, 5) is 11.8. The number of carbonyl (C=O) groups is 1. The molecule has 1 fully saturated rings. The van der Waals surface area contributed by atoms with Crippen LogP contribution in [0.2, 0.25) is 0 Å². The number of hydrogen-bond acceptors (Lipinski definition) is 4. The van der Waals surface area contributed by atoms with Gasteiger partial charge in [0, 0.05) is 25.2 Å². The van der Waals surface area contributed by atoms with Gasteiger partial charge in [-0.05, 0) is 25.4 Å². The molecule has 94 valence electrons. The van der Waals surface area contributed by atoms with Gasteiger partial charge in [0.05, 0.1) is 6.20 Å². The Morgan fingerprint density at radius 3 is 3.06 bits per heavy atom. The van der Waals surface area contributed by atoms with E-state index >= 15 is 0 Å². The van der Waals surface area contributed by atoms with Crippen LogP contribution in [0.5, 0.6) is 0 Å². The average molecular weight is 237 g/mol. The van der Waals surface area contributed by atoms with Crippen molar-refractivity contribution < 1.29 is 4.79 Å². The molecular formula is C11H19N5O. The third-order valence-electron chi connectivity index (χ3n) is 3.27. The maximum atomic E-state index is 11.8. The van der Waals surface area contributed by atoms with Crippen molar-refractivity contribution in [3.8, 4) is 0 Å². The van der Waals surface area contributed by atoms with E-state index in [9.17, 15) is 4.79 Å². The molecule has 0 bridgehead atoms. The molecule has 1 aromatic rings. The van der Waals surface area contributed by atoms with E-state index in [1.54, 1.807) is 10.9 Å². The van der Waals surface area contributed by atoms with E-state index in [2.05, 4.69) is 20.9 Å². The fourth-order valence-electron chi connectivity index (χ4n) is 1.84. The zero-order chi connectivity index (χ0) is 12.1. The van der Waals surface area contributed by atoms with Crippen molar-refractivity contribution in [2.24, 2.45) is 11.8 Å². The zero-order valence-corrected chi connectivity index (χ0v) is 10.1. The number of nitrogens with one attached hydrogen (secondary N) is 2. The van der Waals surface area contributed by atoms with Crippen LogP contribution in [0, 0.1) is 11.8 Å². The highest BCUT2D eigenvalue weighted by Gasteiger charge is 2.28. The summed E-state index contributed by atoms with van der Waals surface area (Å²) in [6.45, 7) is 5.42. The summed E-state index contributed by atoms with van der Waals surface area (Å²) in [5.74, 6) is 0.781. The highest BCUT2D eigenvalue weighted by atomic mass is 16.1. The second-order valence-corrected chi connectivity index (χ2v) is 4.52. The number of rotatable bonds is 6. The summed E-state index contributed by atoms with van der Waals surface area (Å²) in [7, 11) is 0. The number of aryl methyl sites for hydroxylation is 1. The third-order valence-corrected chi connectivity index (χ3v) is 3.27. The van der Waals surface area contributed by atoms with E-state index in [4.69, 9.17) is 0 Å². The van der Waals surface area contributed by atoms with Gasteiger partial charge in [0.1, 0.15) is 0 Å². The molecule has 2 heterocycles. The molecule has 1 amide bonds. The lowest BCUT2D eigenvalue weighted by Crippen LogP contribution is -2.49. The van der Waals surface area contributed by atoms with Crippen LogP contribution in [0.25, 0.3) is 0 Å². The van der Waals surface area contributed by atoms with Gasteiger partial charge in [-0.2, -0.15) is 0 Å². The molecule has 17 heavy (non-hydrogen) atoms. The van der Waals surface area contributed by atoms with Gasteiger partial charge in [-0.1, -0.05) is 12.1 Å². The quantitative estimate of drug-likeness (QED) is 0.663. The molecule has 1 atom stereocenters. The van der Waals surface area contributed by atoms with E-state index < -0.39 is 0 Å². The minimum Gasteiger partial charge on any atom is -0.356 e. The molecule has 1 aromatic heterocycles. The summed E-state index contributed by atoms with van der Waals surface area (Å²) < 4.78 is 1.77. The molecule has 0 saturated carbocycles. The second kappa shape index (κ2) is 5.77. The molecule has 0 radical (unpaired) electrons. The van der Waals surface area contributed by atoms with Gasteiger partial charge < -0.3 is 10.6 Å². The maximum Gasteiger partial charge on any atom is 0.223 e. The Morgan fingerprint density at radius 1 is 1.65 bits per heavy atom. The van der Waals surface area contributed by atoms with Crippen molar-refractivity contribution in [1.29, 1.82) is 0 Å². The standard InChI is InChI=1S/C11H19N5O/c1-9(10-7-12-8-10)11(17)13-3-2-5-16-6-4-14-15-16/h4,6,9-10,12H,2-3,5,7-8H2,1H3,(H,13,17). The fraction of sp³-hybridized carbons (Fsp3) is 0.727. The Morgan fingerprint density at radius 2 is 2.47 bits per heavy atom. The van der Waals surface area contributed by atoms with Gasteiger partial charge in [0.2, 0.25) is 5.91 Å². The summed E-state index contributed by atoms with van der Waals surface area (Å²) >= 11 is 0. The summed E-state index contributed by atoms with van der Waals surface area (Å²) in [5, 5.41) is 13.7. The topological polar surface area (TPSA) is 71.8 Å². The summed E-state index contributed by atoms with van der Waals surface area (Å²) in [5.41, 5.74) is 0. The van der Waals surface area contributed by atoms with Crippen LogP contribution in [0.4, 0.5) is 0 Å². The minimum absolute atomic E-state index is 0.114. The van der Waals surface area contributed by atoms with Gasteiger partial charge in [-0.15, -0.1) is 5.10 Å². The largest absolute Gasteiger partial charge is 0.356 e. The third kappa shape index (κ3) is 3.26. The van der Waals surface area contributed by atoms with Crippen LogP contribution >= 0.6 is 0 Å². The Labute approximate surface area is 101 Å². The molecule has 1 aliphatic rings.